The molecule has 2 amide bonds. The molecule has 0 saturated heterocycles. The highest BCUT2D eigenvalue weighted by Gasteiger charge is 2.37. The lowest BCUT2D eigenvalue weighted by molar-refractivity contribution is -0.141. The van der Waals surface area contributed by atoms with E-state index in [1.807, 2.05) is 0 Å². The van der Waals surface area contributed by atoms with Gasteiger partial charge < -0.3 is 20.6 Å². The molecule has 0 radical (unpaired) electrons. The van der Waals surface area contributed by atoms with Crippen LogP contribution >= 0.6 is 11.3 Å². The Kier molecular flexibility index (Phi) is 6.41. The summed E-state index contributed by atoms with van der Waals surface area (Å²) in [6.07, 6.45) is -5.62. The number of para-hydroxylation sites is 1. The standard InChI is InChI=1S/C24H23F3N4O4S/c1-23(2,3)12-9-16(24(25,26)27)29-22-17(12)18(19(36-22)20(28)32)30-21(33)15-10-13(31-35-15)11-7-5-6-8-14(11)34-4/h5-9,15H,10H2,1-4H3,(H2,28,32)(H,30,33). The summed E-state index contributed by atoms with van der Waals surface area (Å²) >= 11 is 0.693. The molecule has 1 aliphatic heterocycles. The van der Waals surface area contributed by atoms with Crippen molar-refractivity contribution in [3.63, 3.8) is 0 Å². The first kappa shape index (κ1) is 25.4. The van der Waals surface area contributed by atoms with Crippen LogP contribution in [0.5, 0.6) is 5.75 Å². The number of carbonyl (C=O) groups is 2. The number of methoxy groups -OCH3 is 1. The van der Waals surface area contributed by atoms with Gasteiger partial charge in [0.25, 0.3) is 11.8 Å². The number of nitrogens with zero attached hydrogens (tertiary/aromatic N) is 2. The van der Waals surface area contributed by atoms with Crippen molar-refractivity contribution in [2.45, 2.75) is 44.9 Å². The van der Waals surface area contributed by atoms with Gasteiger partial charge in [-0.2, -0.15) is 13.2 Å². The smallest absolute Gasteiger partial charge is 0.433 e. The highest BCUT2D eigenvalue weighted by atomic mass is 32.1. The average Bonchev–Trinajstić information content (AvgIpc) is 3.43. The molecule has 36 heavy (non-hydrogen) atoms. The Morgan fingerprint density at radius 2 is 1.92 bits per heavy atom. The number of carbonyl (C=O) groups excluding carboxylic acids is 2. The predicted molar refractivity (Wildman–Crippen MR) is 129 cm³/mol. The van der Waals surface area contributed by atoms with Gasteiger partial charge in [0.15, 0.2) is 0 Å². The molecule has 190 valence electrons. The Bertz CT molecular complexity index is 1390. The van der Waals surface area contributed by atoms with Crippen LogP contribution in [0.1, 0.15) is 53.7 Å². The molecular formula is C24H23F3N4O4S. The molecule has 1 atom stereocenters. The minimum absolute atomic E-state index is 0.00740. The topological polar surface area (TPSA) is 116 Å². The summed E-state index contributed by atoms with van der Waals surface area (Å²) in [5.41, 5.74) is 5.07. The molecule has 0 fully saturated rings. The molecule has 3 N–H and O–H groups in total. The molecule has 12 heteroatoms. The molecule has 2 aromatic heterocycles. The highest BCUT2D eigenvalue weighted by Crippen LogP contribution is 2.43. The van der Waals surface area contributed by atoms with Crippen molar-refractivity contribution in [2.24, 2.45) is 10.9 Å². The highest BCUT2D eigenvalue weighted by molar-refractivity contribution is 7.21. The molecule has 1 unspecified atom stereocenters. The zero-order valence-electron chi connectivity index (χ0n) is 19.8. The van der Waals surface area contributed by atoms with E-state index in [1.54, 1.807) is 45.0 Å². The summed E-state index contributed by atoms with van der Waals surface area (Å²) in [6.45, 7) is 5.17. The van der Waals surface area contributed by atoms with Crippen LogP contribution in [0.25, 0.3) is 10.2 Å². The van der Waals surface area contributed by atoms with Crippen molar-refractivity contribution in [1.29, 1.82) is 0 Å². The molecule has 0 aliphatic carbocycles. The number of nitrogens with one attached hydrogen (secondary N) is 1. The van der Waals surface area contributed by atoms with Gasteiger partial charge in [0.1, 0.15) is 21.2 Å². The minimum atomic E-state index is -4.70. The van der Waals surface area contributed by atoms with Gasteiger partial charge >= 0.3 is 6.18 Å². The lowest BCUT2D eigenvalue weighted by Crippen LogP contribution is -2.29. The Labute approximate surface area is 208 Å². The Balaban J connectivity index is 1.72. The van der Waals surface area contributed by atoms with Crippen LogP contribution < -0.4 is 15.8 Å². The van der Waals surface area contributed by atoms with Crippen LogP contribution in [0.15, 0.2) is 35.5 Å². The number of benzene rings is 1. The summed E-state index contributed by atoms with van der Waals surface area (Å²) in [5.74, 6) is -0.979. The van der Waals surface area contributed by atoms with Gasteiger partial charge in [-0.25, -0.2) is 4.98 Å². The minimum Gasteiger partial charge on any atom is -0.496 e. The molecule has 0 saturated carbocycles. The number of amides is 2. The quantitative estimate of drug-likeness (QED) is 0.499. The molecule has 0 spiro atoms. The number of primary amides is 1. The third-order valence-electron chi connectivity index (χ3n) is 5.61. The monoisotopic (exact) mass is 520 g/mol. The van der Waals surface area contributed by atoms with Crippen LogP contribution in [0, 0.1) is 0 Å². The number of fused-ring (bicyclic) bond motifs is 1. The normalized spacial score (nSPS) is 16.0. The van der Waals surface area contributed by atoms with Crippen LogP contribution in [0.3, 0.4) is 0 Å². The van der Waals surface area contributed by atoms with E-state index in [1.165, 1.54) is 7.11 Å². The zero-order chi connectivity index (χ0) is 26.4. The zero-order valence-corrected chi connectivity index (χ0v) is 20.6. The molecule has 3 aromatic rings. The number of nitrogens with two attached hydrogens (primary N) is 1. The fraction of sp³-hybridized carbons (Fsp3) is 0.333. The van der Waals surface area contributed by atoms with E-state index in [4.69, 9.17) is 15.3 Å². The van der Waals surface area contributed by atoms with Crippen LogP contribution in [0.4, 0.5) is 18.9 Å². The number of oxime groups is 1. The molecular weight excluding hydrogens is 497 g/mol. The van der Waals surface area contributed by atoms with Gasteiger partial charge in [0.2, 0.25) is 6.10 Å². The molecule has 1 aliphatic rings. The van der Waals surface area contributed by atoms with Crippen LogP contribution in [0.2, 0.25) is 0 Å². The van der Waals surface area contributed by atoms with Crippen LogP contribution in [-0.4, -0.2) is 35.7 Å². The fourth-order valence-electron chi connectivity index (χ4n) is 3.89. The van der Waals surface area contributed by atoms with E-state index in [2.05, 4.69) is 15.5 Å². The van der Waals surface area contributed by atoms with Crippen molar-refractivity contribution in [1.82, 2.24) is 4.98 Å². The van der Waals surface area contributed by atoms with E-state index >= 15 is 0 Å². The SMILES string of the molecule is COc1ccccc1C1=NOC(C(=O)Nc2c(C(N)=O)sc3nc(C(F)(F)F)cc(C(C)(C)C)c23)C1. The molecule has 3 heterocycles. The number of pyridine rings is 1. The number of hydrogen-bond donors (Lipinski definition) is 2. The van der Waals surface area contributed by atoms with Gasteiger partial charge in [-0.15, -0.1) is 11.3 Å². The first-order valence-electron chi connectivity index (χ1n) is 10.8. The molecule has 8 nitrogen and oxygen atoms in total. The third-order valence-corrected chi connectivity index (χ3v) is 6.71. The second-order valence-corrected chi connectivity index (χ2v) is 10.2. The number of halogens is 3. The Morgan fingerprint density at radius 1 is 1.22 bits per heavy atom. The van der Waals surface area contributed by atoms with Gasteiger partial charge in [-0.1, -0.05) is 38.1 Å². The maximum atomic E-state index is 13.5. The summed E-state index contributed by atoms with van der Waals surface area (Å²) in [4.78, 5) is 34.3. The summed E-state index contributed by atoms with van der Waals surface area (Å²) in [6, 6.07) is 8.04. The van der Waals surface area contributed by atoms with Gasteiger partial charge in [0, 0.05) is 17.4 Å². The molecule has 4 rings (SSSR count). The summed E-state index contributed by atoms with van der Waals surface area (Å²) < 4.78 is 45.9. The Hall–Kier alpha value is -3.67. The number of aromatic nitrogens is 1. The largest absolute Gasteiger partial charge is 0.496 e. The maximum absolute atomic E-state index is 13.5. The number of hydrogen-bond acceptors (Lipinski definition) is 7. The lowest BCUT2D eigenvalue weighted by Gasteiger charge is -2.22. The fourth-order valence-corrected chi connectivity index (χ4v) is 4.90. The second-order valence-electron chi connectivity index (χ2n) is 9.18. The van der Waals surface area contributed by atoms with Crippen LogP contribution in [-0.2, 0) is 21.2 Å². The van der Waals surface area contributed by atoms with Crippen molar-refractivity contribution >= 4 is 44.8 Å². The first-order chi connectivity index (χ1) is 16.8. The van der Waals surface area contributed by atoms with E-state index in [0.29, 0.717) is 28.4 Å². The lowest BCUT2D eigenvalue weighted by atomic mass is 9.84. The van der Waals surface area contributed by atoms with Gasteiger partial charge in [0.05, 0.1) is 18.5 Å². The third kappa shape index (κ3) is 4.72. The number of ether oxygens (including phenoxy) is 1. The van der Waals surface area contributed by atoms with Crippen molar-refractivity contribution in [2.75, 3.05) is 12.4 Å². The Morgan fingerprint density at radius 3 is 2.53 bits per heavy atom. The summed E-state index contributed by atoms with van der Waals surface area (Å²) in [5, 5.41) is 6.89. The molecule has 0 bridgehead atoms. The van der Waals surface area contributed by atoms with Crippen molar-refractivity contribution in [3.05, 3.63) is 52.0 Å². The van der Waals surface area contributed by atoms with Crippen molar-refractivity contribution in [3.8, 4) is 5.75 Å². The van der Waals surface area contributed by atoms with E-state index in [0.717, 1.165) is 6.07 Å². The van der Waals surface area contributed by atoms with Crippen molar-refractivity contribution < 1.29 is 32.3 Å². The first-order valence-corrected chi connectivity index (χ1v) is 11.6. The van der Waals surface area contributed by atoms with Gasteiger partial charge in [-0.05, 0) is 29.2 Å². The molecule has 1 aromatic carbocycles. The number of rotatable bonds is 5. The predicted octanol–water partition coefficient (Wildman–Crippen LogP) is 4.85. The number of alkyl halides is 3. The van der Waals surface area contributed by atoms with E-state index in [-0.39, 0.29) is 32.8 Å². The average molecular weight is 521 g/mol. The van der Waals surface area contributed by atoms with E-state index in [9.17, 15) is 22.8 Å². The maximum Gasteiger partial charge on any atom is 0.433 e. The second kappa shape index (κ2) is 9.08. The number of thiophene rings is 1. The summed E-state index contributed by atoms with van der Waals surface area (Å²) in [7, 11) is 1.51. The number of anilines is 1. The van der Waals surface area contributed by atoms with E-state index < -0.39 is 35.2 Å². The van der Waals surface area contributed by atoms with Gasteiger partial charge in [-0.3, -0.25) is 9.59 Å².